The van der Waals surface area contributed by atoms with Gasteiger partial charge in [-0.05, 0) is 67.6 Å². The molecule has 2 aromatic heterocycles. The molecule has 1 aliphatic rings. The number of benzene rings is 3. The maximum Gasteiger partial charge on any atom is 0.150 e. The molecule has 38 heavy (non-hydrogen) atoms. The fourth-order valence-corrected chi connectivity index (χ4v) is 5.96. The summed E-state index contributed by atoms with van der Waals surface area (Å²) in [6.07, 6.45) is 3.17. The molecule has 0 spiro atoms. The molecule has 0 saturated carbocycles. The van der Waals surface area contributed by atoms with Gasteiger partial charge in [0.2, 0.25) is 0 Å². The predicted octanol–water partition coefficient (Wildman–Crippen LogP) is 8.15. The van der Waals surface area contributed by atoms with E-state index in [0.29, 0.717) is 16.6 Å². The number of aryl methyl sites for hydroxylation is 2. The van der Waals surface area contributed by atoms with Crippen molar-refractivity contribution < 1.29 is 0 Å². The Kier molecular flexibility index (Phi) is 6.87. The number of rotatable bonds is 6. The van der Waals surface area contributed by atoms with Crippen LogP contribution in [0.5, 0.6) is 0 Å². The highest BCUT2D eigenvalue weighted by Crippen LogP contribution is 2.37. The highest BCUT2D eigenvalue weighted by atomic mass is 35.5. The van der Waals surface area contributed by atoms with Gasteiger partial charge in [0.05, 0.1) is 6.54 Å². The first-order valence-electron chi connectivity index (χ1n) is 12.8. The van der Waals surface area contributed by atoms with Gasteiger partial charge >= 0.3 is 0 Å². The molecule has 2 N–H and O–H groups in total. The minimum absolute atomic E-state index is 0.580. The van der Waals surface area contributed by atoms with Crippen LogP contribution in [0.1, 0.15) is 35.5 Å². The molecule has 3 heterocycles. The van der Waals surface area contributed by atoms with Crippen molar-refractivity contribution in [3.05, 3.63) is 105 Å². The van der Waals surface area contributed by atoms with E-state index in [1.807, 2.05) is 60.0 Å². The molecule has 6 rings (SSSR count). The summed E-state index contributed by atoms with van der Waals surface area (Å²) in [7, 11) is 0. The summed E-state index contributed by atoms with van der Waals surface area (Å²) >= 11 is 18.7. The van der Waals surface area contributed by atoms with Gasteiger partial charge in [-0.3, -0.25) is 0 Å². The molecule has 0 radical (unpaired) electrons. The number of nitrogens with one attached hydrogen (secondary N) is 2. The van der Waals surface area contributed by atoms with E-state index in [9.17, 15) is 0 Å². The van der Waals surface area contributed by atoms with Crippen LogP contribution in [0.4, 0.5) is 11.4 Å². The molecule has 0 fully saturated rings. The minimum Gasteiger partial charge on any atom is -0.377 e. The Morgan fingerprint density at radius 1 is 1.00 bits per heavy atom. The van der Waals surface area contributed by atoms with E-state index >= 15 is 0 Å². The van der Waals surface area contributed by atoms with Crippen molar-refractivity contribution in [2.75, 3.05) is 10.6 Å². The third kappa shape index (κ3) is 4.57. The number of hydrogen-bond donors (Lipinski definition) is 2. The molecule has 0 bridgehead atoms. The largest absolute Gasteiger partial charge is 0.377 e. The van der Waals surface area contributed by atoms with Crippen LogP contribution in [0.2, 0.25) is 10.0 Å². The summed E-state index contributed by atoms with van der Waals surface area (Å²) in [5.74, 6) is 0.967. The molecule has 1 aliphatic heterocycles. The van der Waals surface area contributed by atoms with Gasteiger partial charge < -0.3 is 15.2 Å². The molecule has 0 amide bonds. The number of hydrogen-bond acceptors (Lipinski definition) is 3. The van der Waals surface area contributed by atoms with Crippen LogP contribution in [-0.4, -0.2) is 19.2 Å². The van der Waals surface area contributed by atoms with Crippen LogP contribution >= 0.6 is 35.4 Å². The molecular weight excluding hydrogens is 533 g/mol. The fraction of sp³-hybridized carbons (Fsp3) is 0.200. The smallest absolute Gasteiger partial charge is 0.150 e. The van der Waals surface area contributed by atoms with E-state index in [1.165, 1.54) is 5.56 Å². The first-order chi connectivity index (χ1) is 18.5. The first-order valence-corrected chi connectivity index (χ1v) is 13.9. The van der Waals surface area contributed by atoms with Gasteiger partial charge in [0.15, 0.2) is 5.82 Å². The van der Waals surface area contributed by atoms with Crippen LogP contribution < -0.4 is 10.6 Å². The predicted molar refractivity (Wildman–Crippen MR) is 162 cm³/mol. The van der Waals surface area contributed by atoms with Crippen molar-refractivity contribution in [2.45, 2.75) is 39.3 Å². The standard InChI is InChI=1S/C30H27Cl2N5S/c1-19-24(32)14-8-15-25(19)33-18-26-35-37-28(29(38)34-22-12-7-11-21(31)17-22)27(20-9-3-2-4-10-20)23-13-5-6-16-36(26)30(23)37/h2-4,7-12,14-15,17,33H,5-6,13,16,18H2,1H3,(H,34,38). The number of nitrogens with zero attached hydrogens (tertiary/aromatic N) is 3. The molecule has 3 aromatic carbocycles. The van der Waals surface area contributed by atoms with Gasteiger partial charge in [0.1, 0.15) is 16.3 Å². The van der Waals surface area contributed by atoms with E-state index in [-0.39, 0.29) is 0 Å². The van der Waals surface area contributed by atoms with Gasteiger partial charge in [-0.1, -0.05) is 77.9 Å². The molecular formula is C30H27Cl2N5S. The van der Waals surface area contributed by atoms with E-state index < -0.39 is 0 Å². The molecule has 0 atom stereocenters. The van der Waals surface area contributed by atoms with Crippen molar-refractivity contribution >= 4 is 57.4 Å². The molecule has 5 nitrogen and oxygen atoms in total. The zero-order chi connectivity index (χ0) is 26.2. The van der Waals surface area contributed by atoms with Gasteiger partial charge in [-0.15, -0.1) is 0 Å². The summed E-state index contributed by atoms with van der Waals surface area (Å²) in [4.78, 5) is 0.614. The van der Waals surface area contributed by atoms with E-state index in [2.05, 4.69) is 39.5 Å². The van der Waals surface area contributed by atoms with Crippen LogP contribution in [0, 0.1) is 6.92 Å². The lowest BCUT2D eigenvalue weighted by Gasteiger charge is -2.12. The van der Waals surface area contributed by atoms with Gasteiger partial charge in [0.25, 0.3) is 0 Å². The Morgan fingerprint density at radius 3 is 2.63 bits per heavy atom. The van der Waals surface area contributed by atoms with Crippen molar-refractivity contribution in [3.8, 4) is 11.1 Å². The van der Waals surface area contributed by atoms with Gasteiger partial charge in [0, 0.05) is 39.1 Å². The molecule has 0 unspecified atom stereocenters. The third-order valence-electron chi connectivity index (χ3n) is 7.13. The highest BCUT2D eigenvalue weighted by molar-refractivity contribution is 7.81. The zero-order valence-corrected chi connectivity index (χ0v) is 23.3. The highest BCUT2D eigenvalue weighted by Gasteiger charge is 2.29. The quantitative estimate of drug-likeness (QED) is 0.206. The van der Waals surface area contributed by atoms with E-state index in [0.717, 1.165) is 76.1 Å². The number of anilines is 2. The second kappa shape index (κ2) is 10.4. The summed E-state index contributed by atoms with van der Waals surface area (Å²) in [5, 5.41) is 13.5. The number of thiocarbonyl (C=S) groups is 1. The Labute approximate surface area is 237 Å². The zero-order valence-electron chi connectivity index (χ0n) is 21.0. The van der Waals surface area contributed by atoms with E-state index in [1.54, 1.807) is 0 Å². The third-order valence-corrected chi connectivity index (χ3v) is 8.07. The Bertz CT molecular complexity index is 1650. The molecule has 8 heteroatoms. The van der Waals surface area contributed by atoms with Gasteiger partial charge in [-0.2, -0.15) is 5.10 Å². The average Bonchev–Trinajstić information content (AvgIpc) is 3.32. The lowest BCUT2D eigenvalue weighted by molar-refractivity contribution is 0.619. The summed E-state index contributed by atoms with van der Waals surface area (Å²) in [6, 6.07) is 24.0. The maximum atomic E-state index is 6.37. The lowest BCUT2D eigenvalue weighted by atomic mass is 9.98. The molecule has 0 saturated heterocycles. The monoisotopic (exact) mass is 559 g/mol. The Morgan fingerprint density at radius 2 is 1.82 bits per heavy atom. The average molecular weight is 561 g/mol. The van der Waals surface area contributed by atoms with Crippen molar-refractivity contribution in [1.82, 2.24) is 14.2 Å². The SMILES string of the molecule is Cc1c(Cl)cccc1NCc1nn2c(C(=S)Nc3cccc(Cl)c3)c(-c3ccccc3)c3c2n1CCCC3. The maximum absolute atomic E-state index is 6.37. The van der Waals surface area contributed by atoms with Crippen molar-refractivity contribution in [2.24, 2.45) is 0 Å². The summed E-state index contributed by atoms with van der Waals surface area (Å²) in [5.41, 5.74) is 8.48. The van der Waals surface area contributed by atoms with Crippen LogP contribution in [-0.2, 0) is 19.5 Å². The molecule has 0 aliphatic carbocycles. The fourth-order valence-electron chi connectivity index (χ4n) is 5.29. The van der Waals surface area contributed by atoms with Crippen molar-refractivity contribution in [3.63, 3.8) is 0 Å². The number of aromatic nitrogens is 3. The van der Waals surface area contributed by atoms with Crippen molar-refractivity contribution in [1.29, 1.82) is 0 Å². The molecule has 192 valence electrons. The van der Waals surface area contributed by atoms with E-state index in [4.69, 9.17) is 40.5 Å². The lowest BCUT2D eigenvalue weighted by Crippen LogP contribution is -2.15. The minimum atomic E-state index is 0.580. The number of halogens is 2. The van der Waals surface area contributed by atoms with Gasteiger partial charge in [-0.25, -0.2) is 4.52 Å². The second-order valence-electron chi connectivity index (χ2n) is 9.56. The summed E-state index contributed by atoms with van der Waals surface area (Å²) < 4.78 is 4.40. The normalized spacial score (nSPS) is 12.9. The molecule has 5 aromatic rings. The Balaban J connectivity index is 1.49. The topological polar surface area (TPSA) is 46.3 Å². The first kappa shape index (κ1) is 25.0. The summed E-state index contributed by atoms with van der Waals surface area (Å²) in [6.45, 7) is 3.52. The van der Waals surface area contributed by atoms with Crippen LogP contribution in [0.3, 0.4) is 0 Å². The van der Waals surface area contributed by atoms with Crippen LogP contribution in [0.25, 0.3) is 16.8 Å². The van der Waals surface area contributed by atoms with Crippen LogP contribution in [0.15, 0.2) is 72.8 Å². The Hall–Kier alpha value is -3.32. The second-order valence-corrected chi connectivity index (χ2v) is 10.8.